The van der Waals surface area contributed by atoms with Crippen LogP contribution in [0.25, 0.3) is 0 Å². The van der Waals surface area contributed by atoms with Gasteiger partial charge in [0.05, 0.1) is 23.2 Å². The first kappa shape index (κ1) is 24.3. The van der Waals surface area contributed by atoms with E-state index in [0.717, 1.165) is 27.2 Å². The molecule has 1 atom stereocenters. The number of hydrogen-bond donors (Lipinski definition) is 1. The number of ether oxygens (including phenoxy) is 1. The van der Waals surface area contributed by atoms with Crippen molar-refractivity contribution in [2.75, 3.05) is 17.5 Å². The lowest BCUT2D eigenvalue weighted by molar-refractivity contribution is -0.120. The number of para-hydroxylation sites is 1. The first-order valence-electron chi connectivity index (χ1n) is 10.6. The summed E-state index contributed by atoms with van der Waals surface area (Å²) in [5.74, 6) is -0.578. The van der Waals surface area contributed by atoms with Gasteiger partial charge in [0.2, 0.25) is 5.91 Å². The van der Waals surface area contributed by atoms with E-state index in [9.17, 15) is 17.6 Å². The molecule has 8 heteroatoms. The summed E-state index contributed by atoms with van der Waals surface area (Å²) >= 11 is 0. The summed E-state index contributed by atoms with van der Waals surface area (Å²) in [5, 5.41) is 2.79. The molecule has 0 unspecified atom stereocenters. The average Bonchev–Trinajstić information content (AvgIpc) is 2.79. The van der Waals surface area contributed by atoms with Crippen LogP contribution in [0.5, 0.6) is 5.75 Å². The highest BCUT2D eigenvalue weighted by Gasteiger charge is 2.29. The van der Waals surface area contributed by atoms with Crippen LogP contribution < -0.4 is 14.4 Å². The maximum absolute atomic E-state index is 14.6. The molecule has 0 spiro atoms. The second-order valence-corrected chi connectivity index (χ2v) is 9.43. The highest BCUT2D eigenvalue weighted by molar-refractivity contribution is 7.92. The minimum absolute atomic E-state index is 0.0243. The van der Waals surface area contributed by atoms with Gasteiger partial charge in [0.15, 0.2) is 0 Å². The second-order valence-electron chi connectivity index (χ2n) is 7.57. The fourth-order valence-corrected chi connectivity index (χ4v) is 4.74. The molecule has 0 radical (unpaired) electrons. The van der Waals surface area contributed by atoms with E-state index >= 15 is 0 Å². The first-order chi connectivity index (χ1) is 15.7. The summed E-state index contributed by atoms with van der Waals surface area (Å²) < 4.78 is 47.5. The number of aryl methyl sites for hydroxylation is 1. The first-order valence-corrected chi connectivity index (χ1v) is 12.0. The van der Waals surface area contributed by atoms with Gasteiger partial charge in [0.25, 0.3) is 10.0 Å². The van der Waals surface area contributed by atoms with Crippen molar-refractivity contribution in [3.63, 3.8) is 0 Å². The van der Waals surface area contributed by atoms with Gasteiger partial charge in [0.1, 0.15) is 18.1 Å². The van der Waals surface area contributed by atoms with Crippen LogP contribution in [0.15, 0.2) is 77.7 Å². The number of nitrogens with one attached hydrogen (secondary N) is 1. The van der Waals surface area contributed by atoms with E-state index in [-0.39, 0.29) is 10.6 Å². The van der Waals surface area contributed by atoms with E-state index in [1.54, 1.807) is 31.2 Å². The molecule has 6 nitrogen and oxygen atoms in total. The fourth-order valence-electron chi connectivity index (χ4n) is 3.31. The summed E-state index contributed by atoms with van der Waals surface area (Å²) in [6.07, 6.45) is 0. The SMILES string of the molecule is CCOc1ccc([C@H](C)NC(=O)CN(c2ccccc2F)S(=O)(=O)c2ccc(C)cc2)cc1. The minimum atomic E-state index is -4.18. The largest absolute Gasteiger partial charge is 0.494 e. The van der Waals surface area contributed by atoms with Gasteiger partial charge >= 0.3 is 0 Å². The van der Waals surface area contributed by atoms with Crippen molar-refractivity contribution >= 4 is 21.6 Å². The van der Waals surface area contributed by atoms with Crippen LogP contribution >= 0.6 is 0 Å². The Morgan fingerprint density at radius 2 is 1.67 bits per heavy atom. The number of hydrogen-bond acceptors (Lipinski definition) is 4. The number of nitrogens with zero attached hydrogens (tertiary/aromatic N) is 1. The van der Waals surface area contributed by atoms with Crippen LogP contribution in [0.4, 0.5) is 10.1 Å². The number of anilines is 1. The third-order valence-electron chi connectivity index (χ3n) is 5.09. The van der Waals surface area contributed by atoms with Crippen molar-refractivity contribution in [3.05, 3.63) is 89.7 Å². The Labute approximate surface area is 194 Å². The van der Waals surface area contributed by atoms with Crippen molar-refractivity contribution in [3.8, 4) is 5.75 Å². The Bertz CT molecular complexity index is 1200. The molecule has 174 valence electrons. The van der Waals surface area contributed by atoms with E-state index < -0.39 is 34.3 Å². The monoisotopic (exact) mass is 470 g/mol. The van der Waals surface area contributed by atoms with Crippen molar-refractivity contribution in [2.45, 2.75) is 31.7 Å². The van der Waals surface area contributed by atoms with Crippen molar-refractivity contribution in [1.82, 2.24) is 5.32 Å². The topological polar surface area (TPSA) is 75.7 Å². The maximum atomic E-state index is 14.6. The van der Waals surface area contributed by atoms with Gasteiger partial charge in [-0.05, 0) is 62.7 Å². The normalized spacial score (nSPS) is 12.1. The summed E-state index contributed by atoms with van der Waals surface area (Å²) in [6, 6.07) is 18.5. The van der Waals surface area contributed by atoms with Crippen LogP contribution in [0.1, 0.15) is 31.0 Å². The molecule has 3 aromatic carbocycles. The smallest absolute Gasteiger partial charge is 0.264 e. The van der Waals surface area contributed by atoms with Gasteiger partial charge in [-0.1, -0.05) is 42.0 Å². The van der Waals surface area contributed by atoms with E-state index in [4.69, 9.17) is 4.74 Å². The Balaban J connectivity index is 1.85. The number of amides is 1. The molecule has 3 aromatic rings. The molecular weight excluding hydrogens is 443 g/mol. The molecule has 33 heavy (non-hydrogen) atoms. The molecule has 0 aliphatic heterocycles. The molecule has 1 N–H and O–H groups in total. The predicted molar refractivity (Wildman–Crippen MR) is 126 cm³/mol. The number of sulfonamides is 1. The van der Waals surface area contributed by atoms with Gasteiger partial charge in [0, 0.05) is 0 Å². The van der Waals surface area contributed by atoms with Crippen molar-refractivity contribution in [1.29, 1.82) is 0 Å². The standard InChI is InChI=1S/C25H27FN2O4S/c1-4-32-21-13-11-20(12-14-21)19(3)27-25(29)17-28(24-8-6-5-7-23(24)26)33(30,31)22-15-9-18(2)10-16-22/h5-16,19H,4,17H2,1-3H3,(H,27,29)/t19-/m0/s1. The second kappa shape index (κ2) is 10.5. The van der Waals surface area contributed by atoms with Gasteiger partial charge in [-0.2, -0.15) is 0 Å². The van der Waals surface area contributed by atoms with E-state index in [1.165, 1.54) is 30.3 Å². The molecule has 0 heterocycles. The van der Waals surface area contributed by atoms with Crippen molar-refractivity contribution < 1.29 is 22.3 Å². The number of benzene rings is 3. The lowest BCUT2D eigenvalue weighted by Crippen LogP contribution is -2.42. The van der Waals surface area contributed by atoms with Gasteiger partial charge in [-0.25, -0.2) is 12.8 Å². The van der Waals surface area contributed by atoms with Crippen LogP contribution in [0, 0.1) is 12.7 Å². The van der Waals surface area contributed by atoms with Crippen LogP contribution in [-0.2, 0) is 14.8 Å². The number of halogens is 1. The quantitative estimate of drug-likeness (QED) is 0.496. The molecule has 0 aromatic heterocycles. The van der Waals surface area contributed by atoms with E-state index in [0.29, 0.717) is 6.61 Å². The Morgan fingerprint density at radius 3 is 2.27 bits per heavy atom. The predicted octanol–water partition coefficient (Wildman–Crippen LogP) is 4.61. The van der Waals surface area contributed by atoms with E-state index in [1.807, 2.05) is 26.0 Å². The molecule has 0 bridgehead atoms. The van der Waals surface area contributed by atoms with Crippen LogP contribution in [0.3, 0.4) is 0 Å². The molecule has 1 amide bonds. The molecular formula is C25H27FN2O4S. The zero-order valence-electron chi connectivity index (χ0n) is 18.8. The van der Waals surface area contributed by atoms with Gasteiger partial charge in [-0.15, -0.1) is 0 Å². The summed E-state index contributed by atoms with van der Waals surface area (Å²) in [6.45, 7) is 5.49. The lowest BCUT2D eigenvalue weighted by atomic mass is 10.1. The van der Waals surface area contributed by atoms with Crippen LogP contribution in [0.2, 0.25) is 0 Å². The Morgan fingerprint density at radius 1 is 1.03 bits per heavy atom. The highest BCUT2D eigenvalue weighted by Crippen LogP contribution is 2.26. The van der Waals surface area contributed by atoms with Gasteiger partial charge < -0.3 is 10.1 Å². The number of carbonyl (C=O) groups excluding carboxylic acids is 1. The molecule has 0 fully saturated rings. The molecule has 0 aliphatic rings. The zero-order chi connectivity index (χ0) is 24.0. The number of carbonyl (C=O) groups is 1. The molecule has 0 aliphatic carbocycles. The zero-order valence-corrected chi connectivity index (χ0v) is 19.6. The summed E-state index contributed by atoms with van der Waals surface area (Å²) in [7, 11) is -4.18. The van der Waals surface area contributed by atoms with Crippen LogP contribution in [-0.4, -0.2) is 27.5 Å². The Hall–Kier alpha value is -3.39. The maximum Gasteiger partial charge on any atom is 0.264 e. The Kier molecular flexibility index (Phi) is 7.71. The summed E-state index contributed by atoms with van der Waals surface area (Å²) in [5.41, 5.74) is 1.51. The minimum Gasteiger partial charge on any atom is -0.494 e. The third-order valence-corrected chi connectivity index (χ3v) is 6.86. The molecule has 3 rings (SSSR count). The summed E-state index contributed by atoms with van der Waals surface area (Å²) in [4.78, 5) is 12.8. The average molecular weight is 471 g/mol. The van der Waals surface area contributed by atoms with Gasteiger partial charge in [-0.3, -0.25) is 9.10 Å². The molecule has 0 saturated heterocycles. The van der Waals surface area contributed by atoms with Crippen molar-refractivity contribution in [2.24, 2.45) is 0 Å². The lowest BCUT2D eigenvalue weighted by Gasteiger charge is -2.25. The highest BCUT2D eigenvalue weighted by atomic mass is 32.2. The fraction of sp³-hybridized carbons (Fsp3) is 0.240. The third kappa shape index (κ3) is 5.90. The van der Waals surface area contributed by atoms with E-state index in [2.05, 4.69) is 5.32 Å². The number of rotatable bonds is 9. The molecule has 0 saturated carbocycles.